The van der Waals surface area contributed by atoms with Gasteiger partial charge >= 0.3 is 11.9 Å². The number of carbonyl (C=O) groups excluding carboxylic acids is 5. The molecule has 3 fully saturated rings. The van der Waals surface area contributed by atoms with Crippen molar-refractivity contribution in [2.24, 2.45) is 39.4 Å². The third-order valence-electron chi connectivity index (χ3n) is 12.1. The smallest absolute Gasteiger partial charge is 0.307 e. The van der Waals surface area contributed by atoms with Crippen molar-refractivity contribution < 1.29 is 33.4 Å². The Hall–Kier alpha value is -2.83. The fourth-order valence-corrected chi connectivity index (χ4v) is 9.36. The van der Waals surface area contributed by atoms with Crippen molar-refractivity contribution in [3.05, 3.63) is 34.9 Å². The molecule has 5 aliphatic rings. The van der Waals surface area contributed by atoms with E-state index in [1.807, 2.05) is 13.8 Å². The van der Waals surface area contributed by atoms with Crippen molar-refractivity contribution in [3.63, 3.8) is 0 Å². The Bertz CT molecular complexity index is 1320. The molecule has 0 bridgehead atoms. The van der Waals surface area contributed by atoms with Gasteiger partial charge < -0.3 is 9.47 Å². The molecule has 0 N–H and O–H groups in total. The molecule has 8 atom stereocenters. The average Bonchev–Trinajstić information content (AvgIpc) is 2.92. The van der Waals surface area contributed by atoms with Gasteiger partial charge in [-0.25, -0.2) is 0 Å². The zero-order valence-electron chi connectivity index (χ0n) is 25.6. The van der Waals surface area contributed by atoms with Gasteiger partial charge in [-0.05, 0) is 73.0 Å². The Morgan fingerprint density at radius 3 is 2.29 bits per heavy atom. The van der Waals surface area contributed by atoms with Crippen LogP contribution in [-0.2, 0) is 33.4 Å². The van der Waals surface area contributed by atoms with Gasteiger partial charge in [-0.15, -0.1) is 0 Å². The van der Waals surface area contributed by atoms with E-state index in [0.29, 0.717) is 0 Å². The van der Waals surface area contributed by atoms with Gasteiger partial charge in [-0.1, -0.05) is 59.3 Å². The molecule has 41 heavy (non-hydrogen) atoms. The third kappa shape index (κ3) is 4.16. The molecular weight excluding hydrogens is 520 g/mol. The molecule has 8 unspecified atom stereocenters. The van der Waals surface area contributed by atoms with Crippen LogP contribution in [0.5, 0.6) is 0 Å². The van der Waals surface area contributed by atoms with Crippen LogP contribution >= 0.6 is 0 Å². The zero-order chi connectivity index (χ0) is 30.1. The largest absolute Gasteiger partial charge is 0.466 e. The Morgan fingerprint density at radius 2 is 1.61 bits per heavy atom. The molecule has 0 amide bonds. The SMILES string of the molecule is CCOC(=O)CCC(=O)OC1C(=O)C(C)CC2C1(C)CCC1(C)C3=CC=C4C(=CC(=O)C(=O)C4C)C3(C)CCC21C. The lowest BCUT2D eigenvalue weighted by molar-refractivity contribution is -0.205. The molecule has 0 radical (unpaired) electrons. The second kappa shape index (κ2) is 9.88. The molecule has 5 aliphatic carbocycles. The van der Waals surface area contributed by atoms with E-state index in [2.05, 4.69) is 39.8 Å². The topological polar surface area (TPSA) is 104 Å². The molecule has 0 aliphatic heterocycles. The zero-order valence-corrected chi connectivity index (χ0v) is 25.6. The van der Waals surface area contributed by atoms with Crippen LogP contribution in [0, 0.1) is 39.4 Å². The van der Waals surface area contributed by atoms with Crippen LogP contribution in [0.3, 0.4) is 0 Å². The lowest BCUT2D eigenvalue weighted by atomic mass is 9.34. The molecule has 222 valence electrons. The van der Waals surface area contributed by atoms with E-state index in [-0.39, 0.29) is 59.1 Å². The summed E-state index contributed by atoms with van der Waals surface area (Å²) in [4.78, 5) is 63.5. The van der Waals surface area contributed by atoms with Crippen molar-refractivity contribution in [2.75, 3.05) is 6.61 Å². The number of esters is 2. The van der Waals surface area contributed by atoms with E-state index in [9.17, 15) is 24.0 Å². The highest BCUT2D eigenvalue weighted by Gasteiger charge is 2.69. The molecule has 0 aromatic rings. The van der Waals surface area contributed by atoms with E-state index in [0.717, 1.165) is 43.3 Å². The van der Waals surface area contributed by atoms with E-state index < -0.39 is 35.2 Å². The molecule has 7 heteroatoms. The quantitative estimate of drug-likeness (QED) is 0.313. The van der Waals surface area contributed by atoms with Gasteiger partial charge in [-0.3, -0.25) is 24.0 Å². The lowest BCUT2D eigenvalue weighted by Crippen LogP contribution is -2.66. The number of Topliss-reactive ketones (excluding diaryl/α,β-unsaturated/α-hetero) is 2. The Balaban J connectivity index is 1.49. The standard InChI is InChI=1S/C34H44O7/c1-8-40-26(36)11-12-27(37)41-30-28(38)19(2)17-25-32(30,5)14-16-33(6)24-10-9-21-20(3)29(39)23(35)18-22(21)31(24,4)13-15-34(25,33)7/h9-10,18-20,25,30H,8,11-17H2,1-7H3. The minimum atomic E-state index is -0.849. The highest BCUT2D eigenvalue weighted by molar-refractivity contribution is 6.44. The van der Waals surface area contributed by atoms with Gasteiger partial charge in [0.25, 0.3) is 0 Å². The number of hydrogen-bond donors (Lipinski definition) is 0. The summed E-state index contributed by atoms with van der Waals surface area (Å²) < 4.78 is 10.9. The maximum atomic E-state index is 13.6. The van der Waals surface area contributed by atoms with Crippen LogP contribution in [0.25, 0.3) is 0 Å². The number of ketones is 3. The predicted octanol–water partition coefficient (Wildman–Crippen LogP) is 5.66. The molecule has 0 saturated heterocycles. The summed E-state index contributed by atoms with van der Waals surface area (Å²) in [6, 6.07) is 0. The van der Waals surface area contributed by atoms with Crippen LogP contribution in [0.4, 0.5) is 0 Å². The Kier molecular flexibility index (Phi) is 7.14. The molecule has 3 saturated carbocycles. The highest BCUT2D eigenvalue weighted by Crippen LogP contribution is 2.74. The van der Waals surface area contributed by atoms with Gasteiger partial charge in [-0.2, -0.15) is 0 Å². The fourth-order valence-electron chi connectivity index (χ4n) is 9.36. The number of ether oxygens (including phenoxy) is 2. The molecule has 0 aromatic carbocycles. The van der Waals surface area contributed by atoms with Crippen LogP contribution in [0.15, 0.2) is 34.9 Å². The predicted molar refractivity (Wildman–Crippen MR) is 152 cm³/mol. The lowest BCUT2D eigenvalue weighted by Gasteiger charge is -2.69. The van der Waals surface area contributed by atoms with Crippen molar-refractivity contribution in [3.8, 4) is 0 Å². The van der Waals surface area contributed by atoms with Gasteiger partial charge in [0, 0.05) is 22.7 Å². The molecule has 7 nitrogen and oxygen atoms in total. The summed E-state index contributed by atoms with van der Waals surface area (Å²) in [5, 5.41) is 0. The number of rotatable bonds is 5. The van der Waals surface area contributed by atoms with Crippen molar-refractivity contribution in [2.45, 2.75) is 99.5 Å². The summed E-state index contributed by atoms with van der Waals surface area (Å²) in [6.07, 6.45) is 8.84. The minimum Gasteiger partial charge on any atom is -0.466 e. The summed E-state index contributed by atoms with van der Waals surface area (Å²) >= 11 is 0. The fraction of sp³-hybridized carbons (Fsp3) is 0.676. The van der Waals surface area contributed by atoms with E-state index in [1.165, 1.54) is 5.57 Å². The first kappa shape index (κ1) is 29.7. The number of carbonyl (C=O) groups is 5. The summed E-state index contributed by atoms with van der Waals surface area (Å²) in [7, 11) is 0. The van der Waals surface area contributed by atoms with Crippen molar-refractivity contribution >= 4 is 29.3 Å². The number of hydrogen-bond acceptors (Lipinski definition) is 7. The highest BCUT2D eigenvalue weighted by atomic mass is 16.6. The van der Waals surface area contributed by atoms with Gasteiger partial charge in [0.15, 0.2) is 11.9 Å². The summed E-state index contributed by atoms with van der Waals surface area (Å²) in [5.74, 6) is -2.32. The van der Waals surface area contributed by atoms with E-state index in [4.69, 9.17) is 9.47 Å². The molecular formula is C34H44O7. The Labute approximate surface area is 243 Å². The van der Waals surface area contributed by atoms with Crippen LogP contribution in [-0.4, -0.2) is 42.0 Å². The maximum Gasteiger partial charge on any atom is 0.307 e. The second-order valence-electron chi connectivity index (χ2n) is 14.1. The minimum absolute atomic E-state index is 0.0323. The van der Waals surface area contributed by atoms with Crippen LogP contribution in [0.2, 0.25) is 0 Å². The van der Waals surface area contributed by atoms with E-state index >= 15 is 0 Å². The summed E-state index contributed by atoms with van der Waals surface area (Å²) in [5.41, 5.74) is 2.00. The van der Waals surface area contributed by atoms with Crippen molar-refractivity contribution in [1.82, 2.24) is 0 Å². The first-order chi connectivity index (χ1) is 19.1. The molecule has 0 heterocycles. The average molecular weight is 565 g/mol. The van der Waals surface area contributed by atoms with E-state index in [1.54, 1.807) is 13.0 Å². The molecule has 5 rings (SSSR count). The van der Waals surface area contributed by atoms with Crippen LogP contribution in [0.1, 0.15) is 93.4 Å². The monoisotopic (exact) mass is 564 g/mol. The Morgan fingerprint density at radius 1 is 0.927 bits per heavy atom. The number of fused-ring (bicyclic) bond motifs is 7. The molecule has 0 aromatic heterocycles. The summed E-state index contributed by atoms with van der Waals surface area (Å²) in [6.45, 7) is 14.8. The third-order valence-corrected chi connectivity index (χ3v) is 12.1. The first-order valence-electron chi connectivity index (χ1n) is 15.3. The first-order valence-corrected chi connectivity index (χ1v) is 15.3. The van der Waals surface area contributed by atoms with Crippen molar-refractivity contribution in [1.29, 1.82) is 0 Å². The second-order valence-corrected chi connectivity index (χ2v) is 14.1. The van der Waals surface area contributed by atoms with Gasteiger partial charge in [0.1, 0.15) is 0 Å². The van der Waals surface area contributed by atoms with Crippen LogP contribution < -0.4 is 0 Å². The normalized spacial score (nSPS) is 41.5. The molecule has 0 spiro atoms. The number of allylic oxidation sites excluding steroid dienone is 6. The van der Waals surface area contributed by atoms with Gasteiger partial charge in [0.05, 0.1) is 19.4 Å². The maximum absolute atomic E-state index is 13.6. The van der Waals surface area contributed by atoms with Gasteiger partial charge in [0.2, 0.25) is 11.6 Å².